The van der Waals surface area contributed by atoms with Crippen molar-refractivity contribution in [3.05, 3.63) is 30.0 Å². The second kappa shape index (κ2) is 5.10. The highest BCUT2D eigenvalue weighted by Crippen LogP contribution is 2.24. The van der Waals surface area contributed by atoms with Gasteiger partial charge < -0.3 is 4.90 Å². The second-order valence-corrected chi connectivity index (χ2v) is 6.71. The Kier molecular flexibility index (Phi) is 3.40. The Morgan fingerprint density at radius 2 is 2.24 bits per heavy atom. The number of hydrogen-bond donors (Lipinski definition) is 1. The minimum Gasteiger partial charge on any atom is -0.338 e. The molecule has 0 aliphatic carbocycles. The van der Waals surface area contributed by atoms with E-state index < -0.39 is 21.9 Å². The van der Waals surface area contributed by atoms with Crippen LogP contribution in [0.25, 0.3) is 10.9 Å². The first-order valence-corrected chi connectivity index (χ1v) is 8.09. The van der Waals surface area contributed by atoms with Crippen LogP contribution in [0.3, 0.4) is 0 Å². The quantitative estimate of drug-likeness (QED) is 0.860. The predicted molar refractivity (Wildman–Crippen MR) is 74.5 cm³/mol. The van der Waals surface area contributed by atoms with Gasteiger partial charge in [-0.2, -0.15) is 13.5 Å². The summed E-state index contributed by atoms with van der Waals surface area (Å²) in [4.78, 5) is 13.5. The molecule has 8 heteroatoms. The third-order valence-electron chi connectivity index (χ3n) is 3.67. The molecule has 2 aromatic rings. The molecule has 0 bridgehead atoms. The number of fused-ring (bicyclic) bond motifs is 1. The van der Waals surface area contributed by atoms with E-state index in [1.807, 2.05) is 18.2 Å². The summed E-state index contributed by atoms with van der Waals surface area (Å²) >= 11 is 0. The minimum absolute atomic E-state index is 0.0739. The molecular weight excluding hydrogens is 297 g/mol. The normalized spacial score (nSPS) is 19.6. The summed E-state index contributed by atoms with van der Waals surface area (Å²) in [5, 5.41) is 7.74. The summed E-state index contributed by atoms with van der Waals surface area (Å²) in [6, 6.07) is 5.64. The van der Waals surface area contributed by atoms with Gasteiger partial charge in [0.15, 0.2) is 0 Å². The summed E-state index contributed by atoms with van der Waals surface area (Å²) in [6.45, 7) is 0.634. The second-order valence-electron chi connectivity index (χ2n) is 5.30. The van der Waals surface area contributed by atoms with Crippen molar-refractivity contribution in [1.29, 1.82) is 0 Å². The first kappa shape index (κ1) is 14.0. The topological polar surface area (TPSA) is 83.1 Å². The molecule has 1 saturated heterocycles. The van der Waals surface area contributed by atoms with E-state index in [9.17, 15) is 17.1 Å². The van der Waals surface area contributed by atoms with Gasteiger partial charge in [-0.15, -0.1) is 3.89 Å². The molecule has 112 valence electrons. The Labute approximate surface area is 121 Å². The van der Waals surface area contributed by atoms with Crippen LogP contribution >= 0.6 is 0 Å². The van der Waals surface area contributed by atoms with Crippen LogP contribution in [0.4, 0.5) is 3.89 Å². The number of nitrogens with one attached hydrogen (secondary N) is 1. The lowest BCUT2D eigenvalue weighted by atomic mass is 10.1. The van der Waals surface area contributed by atoms with Gasteiger partial charge in [0.05, 0.1) is 17.5 Å². The lowest BCUT2D eigenvalue weighted by Gasteiger charge is -2.17. The largest absolute Gasteiger partial charge is 0.338 e. The van der Waals surface area contributed by atoms with Crippen molar-refractivity contribution in [3.8, 4) is 0 Å². The van der Waals surface area contributed by atoms with Gasteiger partial charge in [-0.05, 0) is 11.6 Å². The number of aromatic amines is 1. The molecule has 6 nitrogen and oxygen atoms in total. The molecule has 1 amide bonds. The van der Waals surface area contributed by atoms with E-state index >= 15 is 0 Å². The number of likely N-dealkylation sites (tertiary alicyclic amines) is 1. The van der Waals surface area contributed by atoms with Crippen molar-refractivity contribution < 1.29 is 17.1 Å². The van der Waals surface area contributed by atoms with Crippen molar-refractivity contribution in [1.82, 2.24) is 15.1 Å². The van der Waals surface area contributed by atoms with Crippen LogP contribution in [0, 0.1) is 5.92 Å². The summed E-state index contributed by atoms with van der Waals surface area (Å²) < 4.78 is 34.1. The Bertz CT molecular complexity index is 787. The number of carbonyl (C=O) groups excluding carboxylic acids is 1. The Morgan fingerprint density at radius 1 is 1.43 bits per heavy atom. The van der Waals surface area contributed by atoms with Crippen molar-refractivity contribution >= 4 is 27.0 Å². The van der Waals surface area contributed by atoms with Gasteiger partial charge in [-0.25, -0.2) is 0 Å². The summed E-state index contributed by atoms with van der Waals surface area (Å²) in [5.74, 6) is -1.22. The molecule has 21 heavy (non-hydrogen) atoms. The number of carbonyl (C=O) groups is 1. The lowest BCUT2D eigenvalue weighted by molar-refractivity contribution is -0.128. The highest BCUT2D eigenvalue weighted by Gasteiger charge is 2.32. The zero-order valence-corrected chi connectivity index (χ0v) is 11.9. The van der Waals surface area contributed by atoms with Crippen molar-refractivity contribution in [2.75, 3.05) is 12.3 Å². The summed E-state index contributed by atoms with van der Waals surface area (Å²) in [7, 11) is -4.55. The average Bonchev–Trinajstić information content (AvgIpc) is 2.95. The Hall–Kier alpha value is -1.96. The highest BCUT2D eigenvalue weighted by atomic mass is 32.3. The third kappa shape index (κ3) is 3.05. The standard InChI is InChI=1S/C13H14FN3O3S/c14-21(19,20)8-9-4-13(18)17(6-9)7-10-2-1-3-12-11(10)5-15-16-12/h1-3,5,9H,4,6-8H2,(H,15,16). The fourth-order valence-corrected chi connectivity index (χ4v) is 3.56. The number of benzene rings is 1. The maximum atomic E-state index is 12.7. The van der Waals surface area contributed by atoms with Crippen LogP contribution in [-0.2, 0) is 21.6 Å². The van der Waals surface area contributed by atoms with Gasteiger partial charge >= 0.3 is 10.2 Å². The number of aromatic nitrogens is 2. The van der Waals surface area contributed by atoms with Crippen LogP contribution in [-0.4, -0.2) is 41.7 Å². The van der Waals surface area contributed by atoms with Gasteiger partial charge in [0.25, 0.3) is 0 Å². The van der Waals surface area contributed by atoms with E-state index in [4.69, 9.17) is 0 Å². The van der Waals surface area contributed by atoms with Gasteiger partial charge in [0.2, 0.25) is 5.91 Å². The predicted octanol–water partition coefficient (Wildman–Crippen LogP) is 1.21. The van der Waals surface area contributed by atoms with Crippen LogP contribution < -0.4 is 0 Å². The van der Waals surface area contributed by atoms with E-state index in [0.717, 1.165) is 16.5 Å². The SMILES string of the molecule is O=C1CC(CS(=O)(=O)F)CN1Cc1cccc2[nH]ncc12. The van der Waals surface area contributed by atoms with Crippen molar-refractivity contribution in [2.24, 2.45) is 5.92 Å². The molecule has 1 aliphatic heterocycles. The molecule has 0 spiro atoms. The first-order valence-electron chi connectivity index (χ1n) is 6.53. The fourth-order valence-electron chi connectivity index (χ4n) is 2.77. The molecule has 1 atom stereocenters. The Morgan fingerprint density at radius 3 is 3.00 bits per heavy atom. The molecule has 1 aromatic carbocycles. The van der Waals surface area contributed by atoms with E-state index in [2.05, 4.69) is 10.2 Å². The van der Waals surface area contributed by atoms with E-state index in [0.29, 0.717) is 6.54 Å². The lowest BCUT2D eigenvalue weighted by Crippen LogP contribution is -2.25. The minimum atomic E-state index is -4.55. The van der Waals surface area contributed by atoms with Crippen LogP contribution in [0.1, 0.15) is 12.0 Å². The van der Waals surface area contributed by atoms with E-state index in [1.165, 1.54) is 0 Å². The zero-order chi connectivity index (χ0) is 15.0. The number of nitrogens with zero attached hydrogens (tertiary/aromatic N) is 2. The summed E-state index contributed by atoms with van der Waals surface area (Å²) in [5.41, 5.74) is 1.81. The van der Waals surface area contributed by atoms with Crippen molar-refractivity contribution in [2.45, 2.75) is 13.0 Å². The van der Waals surface area contributed by atoms with Gasteiger partial charge in [0.1, 0.15) is 0 Å². The van der Waals surface area contributed by atoms with Gasteiger partial charge in [-0.3, -0.25) is 9.89 Å². The monoisotopic (exact) mass is 311 g/mol. The summed E-state index contributed by atoms with van der Waals surface area (Å²) in [6.07, 6.45) is 1.76. The van der Waals surface area contributed by atoms with E-state index in [1.54, 1.807) is 11.1 Å². The number of H-pyrrole nitrogens is 1. The zero-order valence-electron chi connectivity index (χ0n) is 11.1. The molecule has 3 rings (SSSR count). The molecule has 0 radical (unpaired) electrons. The smallest absolute Gasteiger partial charge is 0.302 e. The number of halogens is 1. The third-order valence-corrected chi connectivity index (χ3v) is 4.54. The molecule has 2 heterocycles. The molecule has 1 unspecified atom stereocenters. The van der Waals surface area contributed by atoms with Crippen LogP contribution in [0.5, 0.6) is 0 Å². The fraction of sp³-hybridized carbons (Fsp3) is 0.385. The van der Waals surface area contributed by atoms with Crippen molar-refractivity contribution in [3.63, 3.8) is 0 Å². The maximum Gasteiger partial charge on any atom is 0.302 e. The number of hydrogen-bond acceptors (Lipinski definition) is 4. The van der Waals surface area contributed by atoms with Crippen LogP contribution in [0.2, 0.25) is 0 Å². The molecular formula is C13H14FN3O3S. The number of amides is 1. The Balaban J connectivity index is 1.76. The average molecular weight is 311 g/mol. The first-order chi connectivity index (χ1) is 9.92. The molecule has 1 N–H and O–H groups in total. The number of rotatable bonds is 4. The highest BCUT2D eigenvalue weighted by molar-refractivity contribution is 7.86. The van der Waals surface area contributed by atoms with Gasteiger partial charge in [-0.1, -0.05) is 12.1 Å². The van der Waals surface area contributed by atoms with Gasteiger partial charge in [0, 0.05) is 30.8 Å². The molecule has 1 fully saturated rings. The van der Waals surface area contributed by atoms with Crippen LogP contribution in [0.15, 0.2) is 24.4 Å². The molecule has 1 aliphatic rings. The maximum absolute atomic E-state index is 12.7. The molecule has 0 saturated carbocycles. The molecule has 1 aromatic heterocycles. The van der Waals surface area contributed by atoms with E-state index in [-0.39, 0.29) is 18.9 Å².